The zero-order chi connectivity index (χ0) is 13.3. The highest BCUT2D eigenvalue weighted by Gasteiger charge is 2.17. The number of nitrogens with zero attached hydrogens (tertiary/aromatic N) is 4. The Hall–Kier alpha value is -1.79. The molecule has 0 amide bonds. The minimum atomic E-state index is -2.47. The standard InChI is InChI=1S/C11H14F2N4O/c1-6(2)9-11(18-3)15-7-4-14-17(5-8(12)13)10(7)16-9/h4,6,8H,5H2,1-3H3. The van der Waals surface area contributed by atoms with Gasteiger partial charge in [-0.25, -0.2) is 23.4 Å². The van der Waals surface area contributed by atoms with E-state index in [1.807, 2.05) is 13.8 Å². The summed E-state index contributed by atoms with van der Waals surface area (Å²) in [6.07, 6.45) is -1.06. The maximum atomic E-state index is 12.4. The van der Waals surface area contributed by atoms with Crippen molar-refractivity contribution in [1.29, 1.82) is 0 Å². The maximum Gasteiger partial charge on any atom is 0.258 e. The van der Waals surface area contributed by atoms with E-state index in [2.05, 4.69) is 15.1 Å². The summed E-state index contributed by atoms with van der Waals surface area (Å²) in [6.45, 7) is 3.39. The summed E-state index contributed by atoms with van der Waals surface area (Å²) in [6, 6.07) is 0. The number of hydrogen-bond donors (Lipinski definition) is 0. The van der Waals surface area contributed by atoms with Crippen LogP contribution in [0.25, 0.3) is 11.2 Å². The Morgan fingerprint density at radius 3 is 2.61 bits per heavy atom. The predicted molar refractivity (Wildman–Crippen MR) is 62.0 cm³/mol. The quantitative estimate of drug-likeness (QED) is 0.841. The molecule has 0 aliphatic carbocycles. The SMILES string of the molecule is COc1nc2cnn(CC(F)F)c2nc1C(C)C. The Morgan fingerprint density at radius 1 is 1.33 bits per heavy atom. The van der Waals surface area contributed by atoms with Crippen molar-refractivity contribution in [2.75, 3.05) is 7.11 Å². The molecule has 7 heteroatoms. The Bertz CT molecular complexity index is 553. The highest BCUT2D eigenvalue weighted by atomic mass is 19.3. The topological polar surface area (TPSA) is 52.8 Å². The molecule has 0 aliphatic heterocycles. The molecule has 0 aliphatic rings. The maximum absolute atomic E-state index is 12.4. The average Bonchev–Trinajstić information content (AvgIpc) is 2.69. The van der Waals surface area contributed by atoms with E-state index in [1.165, 1.54) is 18.0 Å². The van der Waals surface area contributed by atoms with Crippen LogP contribution in [0.3, 0.4) is 0 Å². The van der Waals surface area contributed by atoms with Crippen molar-refractivity contribution in [2.24, 2.45) is 0 Å². The molecule has 0 fully saturated rings. The van der Waals surface area contributed by atoms with Gasteiger partial charge in [-0.15, -0.1) is 0 Å². The van der Waals surface area contributed by atoms with Crippen molar-refractivity contribution in [3.63, 3.8) is 0 Å². The van der Waals surface area contributed by atoms with Crippen LogP contribution >= 0.6 is 0 Å². The van der Waals surface area contributed by atoms with Crippen LogP contribution in [0.4, 0.5) is 8.78 Å². The Labute approximate surface area is 103 Å². The molecule has 2 rings (SSSR count). The van der Waals surface area contributed by atoms with Gasteiger partial charge in [0, 0.05) is 5.92 Å². The second-order valence-corrected chi connectivity index (χ2v) is 4.20. The normalized spacial score (nSPS) is 11.7. The lowest BCUT2D eigenvalue weighted by atomic mass is 10.1. The van der Waals surface area contributed by atoms with Crippen molar-refractivity contribution < 1.29 is 13.5 Å². The van der Waals surface area contributed by atoms with Crippen LogP contribution in [0, 0.1) is 0 Å². The fraction of sp³-hybridized carbons (Fsp3) is 0.545. The molecular weight excluding hydrogens is 242 g/mol. The molecule has 0 saturated carbocycles. The molecule has 5 nitrogen and oxygen atoms in total. The molecule has 0 aromatic carbocycles. The van der Waals surface area contributed by atoms with Crippen molar-refractivity contribution in [3.05, 3.63) is 11.9 Å². The third-order valence-corrected chi connectivity index (χ3v) is 2.51. The Balaban J connectivity index is 2.56. The Morgan fingerprint density at radius 2 is 2.06 bits per heavy atom. The fourth-order valence-corrected chi connectivity index (χ4v) is 1.68. The van der Waals surface area contributed by atoms with Crippen LogP contribution in [-0.4, -0.2) is 33.3 Å². The van der Waals surface area contributed by atoms with E-state index in [4.69, 9.17) is 4.74 Å². The van der Waals surface area contributed by atoms with E-state index >= 15 is 0 Å². The molecule has 18 heavy (non-hydrogen) atoms. The van der Waals surface area contributed by atoms with Gasteiger partial charge in [0.1, 0.15) is 17.8 Å². The van der Waals surface area contributed by atoms with E-state index in [0.29, 0.717) is 22.7 Å². The largest absolute Gasteiger partial charge is 0.480 e. The van der Waals surface area contributed by atoms with Crippen LogP contribution in [0.5, 0.6) is 5.88 Å². The summed E-state index contributed by atoms with van der Waals surface area (Å²) < 4.78 is 31.1. The molecule has 0 unspecified atom stereocenters. The number of fused-ring (bicyclic) bond motifs is 1. The van der Waals surface area contributed by atoms with Crippen molar-refractivity contribution in [3.8, 4) is 5.88 Å². The first-order chi connectivity index (χ1) is 8.52. The predicted octanol–water partition coefficient (Wildman–Crippen LogP) is 2.22. The van der Waals surface area contributed by atoms with Crippen LogP contribution in [-0.2, 0) is 6.54 Å². The van der Waals surface area contributed by atoms with Crippen LogP contribution < -0.4 is 4.74 Å². The Kier molecular flexibility index (Phi) is 3.40. The number of ether oxygens (including phenoxy) is 1. The van der Waals surface area contributed by atoms with E-state index < -0.39 is 13.0 Å². The van der Waals surface area contributed by atoms with E-state index in [9.17, 15) is 8.78 Å². The van der Waals surface area contributed by atoms with Gasteiger partial charge in [-0.1, -0.05) is 13.8 Å². The molecule has 0 radical (unpaired) electrons. The highest BCUT2D eigenvalue weighted by molar-refractivity contribution is 5.70. The van der Waals surface area contributed by atoms with Crippen molar-refractivity contribution >= 4 is 11.2 Å². The van der Waals surface area contributed by atoms with Crippen LogP contribution in [0.1, 0.15) is 25.5 Å². The first-order valence-corrected chi connectivity index (χ1v) is 5.58. The summed E-state index contributed by atoms with van der Waals surface area (Å²) >= 11 is 0. The summed E-state index contributed by atoms with van der Waals surface area (Å²) in [5.74, 6) is 0.501. The zero-order valence-electron chi connectivity index (χ0n) is 10.4. The molecule has 0 spiro atoms. The van der Waals surface area contributed by atoms with Crippen LogP contribution in [0.15, 0.2) is 6.20 Å². The zero-order valence-corrected chi connectivity index (χ0v) is 10.4. The van der Waals surface area contributed by atoms with Crippen LogP contribution in [0.2, 0.25) is 0 Å². The summed E-state index contributed by atoms with van der Waals surface area (Å²) in [5.41, 5.74) is 1.46. The molecule has 0 N–H and O–H groups in total. The van der Waals surface area contributed by atoms with Crippen molar-refractivity contribution in [2.45, 2.75) is 32.7 Å². The van der Waals surface area contributed by atoms with Gasteiger partial charge >= 0.3 is 0 Å². The second kappa shape index (κ2) is 4.83. The number of methoxy groups -OCH3 is 1. The van der Waals surface area contributed by atoms with E-state index in [0.717, 1.165) is 0 Å². The number of alkyl halides is 2. The van der Waals surface area contributed by atoms with Gasteiger partial charge in [0.15, 0.2) is 5.65 Å². The highest BCUT2D eigenvalue weighted by Crippen LogP contribution is 2.25. The minimum absolute atomic E-state index is 0.0896. The van der Waals surface area contributed by atoms with Gasteiger partial charge in [-0.3, -0.25) is 0 Å². The van der Waals surface area contributed by atoms with Gasteiger partial charge in [0.25, 0.3) is 6.43 Å². The molecule has 0 saturated heterocycles. The van der Waals surface area contributed by atoms with E-state index in [1.54, 1.807) is 0 Å². The number of rotatable bonds is 4. The first-order valence-electron chi connectivity index (χ1n) is 5.58. The molecule has 0 atom stereocenters. The third-order valence-electron chi connectivity index (χ3n) is 2.51. The second-order valence-electron chi connectivity index (χ2n) is 4.20. The molecule has 2 aromatic heterocycles. The molecular formula is C11H14F2N4O. The lowest BCUT2D eigenvalue weighted by Crippen LogP contribution is -2.10. The number of hydrogen-bond acceptors (Lipinski definition) is 4. The third kappa shape index (κ3) is 2.25. The molecule has 2 aromatic rings. The summed E-state index contributed by atoms with van der Waals surface area (Å²) in [7, 11) is 1.51. The summed E-state index contributed by atoms with van der Waals surface area (Å²) in [5, 5.41) is 3.87. The van der Waals surface area contributed by atoms with Gasteiger partial charge in [-0.05, 0) is 0 Å². The minimum Gasteiger partial charge on any atom is -0.480 e. The van der Waals surface area contributed by atoms with E-state index in [-0.39, 0.29) is 5.92 Å². The lowest BCUT2D eigenvalue weighted by Gasteiger charge is -2.10. The first kappa shape index (κ1) is 12.7. The molecule has 98 valence electrons. The molecule has 0 bridgehead atoms. The van der Waals surface area contributed by atoms with Gasteiger partial charge in [0.2, 0.25) is 5.88 Å². The average molecular weight is 256 g/mol. The van der Waals surface area contributed by atoms with Gasteiger partial charge in [0.05, 0.1) is 13.3 Å². The number of aromatic nitrogens is 4. The number of halogens is 2. The lowest BCUT2D eigenvalue weighted by molar-refractivity contribution is 0.123. The monoisotopic (exact) mass is 256 g/mol. The molecule has 2 heterocycles. The van der Waals surface area contributed by atoms with Gasteiger partial charge < -0.3 is 4.74 Å². The summed E-state index contributed by atoms with van der Waals surface area (Å²) in [4.78, 5) is 8.57. The fourth-order valence-electron chi connectivity index (χ4n) is 1.68. The van der Waals surface area contributed by atoms with Crippen molar-refractivity contribution in [1.82, 2.24) is 19.7 Å². The van der Waals surface area contributed by atoms with Gasteiger partial charge in [-0.2, -0.15) is 5.10 Å². The smallest absolute Gasteiger partial charge is 0.258 e.